The number of carbonyl (C=O) groups is 1. The lowest BCUT2D eigenvalue weighted by Crippen LogP contribution is -2.22. The number of hydrogen-bond acceptors (Lipinski definition) is 3. The molecule has 5 heteroatoms. The Morgan fingerprint density at radius 2 is 2.00 bits per heavy atom. The molecular weight excluding hydrogens is 253 g/mol. The van der Waals surface area contributed by atoms with E-state index in [1.54, 1.807) is 25.1 Å². The maximum absolute atomic E-state index is 12.8. The lowest BCUT2D eigenvalue weighted by atomic mass is 10.2. The zero-order valence-electron chi connectivity index (χ0n) is 9.77. The van der Waals surface area contributed by atoms with Gasteiger partial charge in [-0.2, -0.15) is 0 Å². The largest absolute Gasteiger partial charge is 0.284 e. The second kappa shape index (κ2) is 5.75. The first-order valence-electron chi connectivity index (χ1n) is 5.48. The molecule has 0 aliphatic carbocycles. The summed E-state index contributed by atoms with van der Waals surface area (Å²) in [6.07, 6.45) is 0. The first kappa shape index (κ1) is 12.7. The molecule has 18 heavy (non-hydrogen) atoms. The van der Waals surface area contributed by atoms with Gasteiger partial charge in [0.05, 0.1) is 11.5 Å². The number of rotatable bonds is 4. The third kappa shape index (κ3) is 2.94. The molecule has 2 rings (SSSR count). The van der Waals surface area contributed by atoms with Gasteiger partial charge in [0, 0.05) is 4.88 Å². The van der Waals surface area contributed by atoms with Crippen molar-refractivity contribution in [3.63, 3.8) is 0 Å². The van der Waals surface area contributed by atoms with E-state index in [2.05, 4.69) is 5.48 Å². The molecule has 1 amide bonds. The Labute approximate surface area is 108 Å². The van der Waals surface area contributed by atoms with Crippen molar-refractivity contribution in [1.29, 1.82) is 0 Å². The van der Waals surface area contributed by atoms with Gasteiger partial charge in [0.15, 0.2) is 0 Å². The summed E-state index contributed by atoms with van der Waals surface area (Å²) in [5.41, 5.74) is 3.22. The second-order valence-corrected chi connectivity index (χ2v) is 4.62. The highest BCUT2D eigenvalue weighted by atomic mass is 32.1. The van der Waals surface area contributed by atoms with Gasteiger partial charge >= 0.3 is 0 Å². The van der Waals surface area contributed by atoms with Crippen LogP contribution in [0.1, 0.15) is 16.6 Å². The number of hydrogen-bond donors (Lipinski definition) is 1. The van der Waals surface area contributed by atoms with Gasteiger partial charge in [-0.1, -0.05) is 12.1 Å². The molecule has 0 bridgehead atoms. The summed E-state index contributed by atoms with van der Waals surface area (Å²) in [6.45, 7) is 2.21. The van der Waals surface area contributed by atoms with Crippen LogP contribution in [-0.2, 0) is 4.84 Å². The summed E-state index contributed by atoms with van der Waals surface area (Å²) in [4.78, 5) is 17.9. The van der Waals surface area contributed by atoms with Crippen LogP contribution < -0.4 is 5.48 Å². The molecule has 3 nitrogen and oxygen atoms in total. The van der Waals surface area contributed by atoms with Gasteiger partial charge in [-0.15, -0.1) is 11.3 Å². The first-order chi connectivity index (χ1) is 8.70. The summed E-state index contributed by atoms with van der Waals surface area (Å²) in [7, 11) is 0. The number of benzene rings is 1. The molecule has 1 aromatic carbocycles. The number of halogens is 1. The van der Waals surface area contributed by atoms with Crippen molar-refractivity contribution >= 4 is 17.2 Å². The van der Waals surface area contributed by atoms with Gasteiger partial charge in [-0.25, -0.2) is 9.87 Å². The Bertz CT molecular complexity index is 536. The lowest BCUT2D eigenvalue weighted by molar-refractivity contribution is 0.0368. The molecule has 1 N–H and O–H groups in total. The topological polar surface area (TPSA) is 38.3 Å². The van der Waals surface area contributed by atoms with E-state index in [1.165, 1.54) is 23.5 Å². The molecule has 0 saturated carbocycles. The van der Waals surface area contributed by atoms with Crippen molar-refractivity contribution in [1.82, 2.24) is 5.48 Å². The van der Waals surface area contributed by atoms with Crippen LogP contribution in [0.4, 0.5) is 4.39 Å². The fourth-order valence-electron chi connectivity index (χ4n) is 1.42. The van der Waals surface area contributed by atoms with E-state index >= 15 is 0 Å². The molecular formula is C13H12FNO2S. The number of thiophene rings is 1. The molecule has 0 aliphatic rings. The minimum absolute atomic E-state index is 0.268. The van der Waals surface area contributed by atoms with Gasteiger partial charge < -0.3 is 0 Å². The molecule has 0 saturated heterocycles. The van der Waals surface area contributed by atoms with Crippen LogP contribution in [0.15, 0.2) is 36.4 Å². The Balaban J connectivity index is 2.15. The summed E-state index contributed by atoms with van der Waals surface area (Å²) in [5, 5.41) is 0. The summed E-state index contributed by atoms with van der Waals surface area (Å²) in [5.74, 6) is -0.542. The Morgan fingerprint density at radius 3 is 2.67 bits per heavy atom. The van der Waals surface area contributed by atoms with Crippen LogP contribution in [0.2, 0.25) is 0 Å². The normalized spacial score (nSPS) is 10.3. The molecule has 0 atom stereocenters. The number of amides is 1. The standard InChI is InChI=1S/C13H12FNO2S/c1-2-17-15-13(16)12-8-7-11(18-12)9-3-5-10(14)6-4-9/h3-8H,2H2,1H3,(H,15,16). The number of hydroxylamine groups is 1. The predicted molar refractivity (Wildman–Crippen MR) is 68.8 cm³/mol. The van der Waals surface area contributed by atoms with Crippen LogP contribution in [0.3, 0.4) is 0 Å². The van der Waals surface area contributed by atoms with Crippen molar-refractivity contribution in [2.75, 3.05) is 6.61 Å². The summed E-state index contributed by atoms with van der Waals surface area (Å²) >= 11 is 1.34. The summed E-state index contributed by atoms with van der Waals surface area (Å²) in [6, 6.07) is 9.72. The molecule has 0 fully saturated rings. The molecule has 2 aromatic rings. The quantitative estimate of drug-likeness (QED) is 0.862. The van der Waals surface area contributed by atoms with Crippen molar-refractivity contribution in [2.24, 2.45) is 0 Å². The van der Waals surface area contributed by atoms with Crippen molar-refractivity contribution in [2.45, 2.75) is 6.92 Å². The molecule has 0 spiro atoms. The highest BCUT2D eigenvalue weighted by molar-refractivity contribution is 7.17. The highest BCUT2D eigenvalue weighted by Crippen LogP contribution is 2.28. The van der Waals surface area contributed by atoms with E-state index in [1.807, 2.05) is 6.07 Å². The molecule has 0 radical (unpaired) electrons. The minimum Gasteiger partial charge on any atom is -0.274 e. The van der Waals surface area contributed by atoms with Gasteiger partial charge in [0.1, 0.15) is 5.82 Å². The SMILES string of the molecule is CCONC(=O)c1ccc(-c2ccc(F)cc2)s1. The zero-order valence-corrected chi connectivity index (χ0v) is 10.6. The van der Waals surface area contributed by atoms with E-state index in [9.17, 15) is 9.18 Å². The molecule has 94 valence electrons. The molecule has 0 aliphatic heterocycles. The van der Waals surface area contributed by atoms with E-state index < -0.39 is 0 Å². The first-order valence-corrected chi connectivity index (χ1v) is 6.30. The predicted octanol–water partition coefficient (Wildman–Crippen LogP) is 3.24. The van der Waals surface area contributed by atoms with Crippen LogP contribution in [-0.4, -0.2) is 12.5 Å². The van der Waals surface area contributed by atoms with Gasteiger partial charge in [-0.05, 0) is 36.8 Å². The van der Waals surface area contributed by atoms with Crippen molar-refractivity contribution < 1.29 is 14.0 Å². The molecule has 1 aromatic heterocycles. The van der Waals surface area contributed by atoms with Crippen LogP contribution in [0.25, 0.3) is 10.4 Å². The average Bonchev–Trinajstić information content (AvgIpc) is 2.86. The maximum Gasteiger partial charge on any atom is 0.284 e. The van der Waals surface area contributed by atoms with Crippen LogP contribution >= 0.6 is 11.3 Å². The van der Waals surface area contributed by atoms with Crippen molar-refractivity contribution in [3.8, 4) is 10.4 Å². The zero-order chi connectivity index (χ0) is 13.0. The molecule has 0 unspecified atom stereocenters. The monoisotopic (exact) mass is 265 g/mol. The lowest BCUT2D eigenvalue weighted by Gasteiger charge is -2.00. The number of carbonyl (C=O) groups excluding carboxylic acids is 1. The Morgan fingerprint density at radius 1 is 1.28 bits per heavy atom. The van der Waals surface area contributed by atoms with Crippen molar-refractivity contribution in [3.05, 3.63) is 47.1 Å². The average molecular weight is 265 g/mol. The van der Waals surface area contributed by atoms with Gasteiger partial charge in [0.25, 0.3) is 5.91 Å². The Kier molecular flexibility index (Phi) is 4.07. The maximum atomic E-state index is 12.8. The minimum atomic E-state index is -0.274. The van der Waals surface area contributed by atoms with E-state index in [0.29, 0.717) is 11.5 Å². The van der Waals surface area contributed by atoms with E-state index in [0.717, 1.165) is 10.4 Å². The fourth-order valence-corrected chi connectivity index (χ4v) is 2.31. The van der Waals surface area contributed by atoms with Crippen LogP contribution in [0.5, 0.6) is 0 Å². The number of nitrogens with one attached hydrogen (secondary N) is 1. The second-order valence-electron chi connectivity index (χ2n) is 3.53. The van der Waals surface area contributed by atoms with Gasteiger partial charge in [-0.3, -0.25) is 9.63 Å². The van der Waals surface area contributed by atoms with Crippen LogP contribution in [0, 0.1) is 5.82 Å². The third-order valence-electron chi connectivity index (χ3n) is 2.27. The highest BCUT2D eigenvalue weighted by Gasteiger charge is 2.10. The molecule has 1 heterocycles. The van der Waals surface area contributed by atoms with E-state index in [4.69, 9.17) is 4.84 Å². The van der Waals surface area contributed by atoms with Gasteiger partial charge in [0.2, 0.25) is 0 Å². The third-order valence-corrected chi connectivity index (χ3v) is 3.40. The smallest absolute Gasteiger partial charge is 0.274 e. The fraction of sp³-hybridized carbons (Fsp3) is 0.154. The Hall–Kier alpha value is -1.72. The van der Waals surface area contributed by atoms with E-state index in [-0.39, 0.29) is 11.7 Å². The summed E-state index contributed by atoms with van der Waals surface area (Å²) < 4.78 is 12.8.